The van der Waals surface area contributed by atoms with Crippen molar-refractivity contribution in [3.8, 4) is 0 Å². The van der Waals surface area contributed by atoms with Crippen LogP contribution < -0.4 is 5.32 Å². The summed E-state index contributed by atoms with van der Waals surface area (Å²) in [5.41, 5.74) is 1.61. The number of methoxy groups -OCH3 is 1. The molecule has 3 nitrogen and oxygen atoms in total. The first-order valence-electron chi connectivity index (χ1n) is 7.63. The Bertz CT molecular complexity index is 453. The van der Waals surface area contributed by atoms with E-state index in [2.05, 4.69) is 39.9 Å². The largest absolute Gasteiger partial charge is 0.374 e. The molecule has 1 N–H and O–H groups in total. The molecule has 0 spiro atoms. The Morgan fingerprint density at radius 3 is 2.70 bits per heavy atom. The first kappa shape index (κ1) is 15.9. The van der Waals surface area contributed by atoms with Crippen LogP contribution in [0, 0.1) is 11.3 Å². The van der Waals surface area contributed by atoms with Gasteiger partial charge >= 0.3 is 0 Å². The van der Waals surface area contributed by atoms with E-state index in [-0.39, 0.29) is 6.10 Å². The highest BCUT2D eigenvalue weighted by Gasteiger charge is 2.35. The Hall–Kier alpha value is -0.450. The average Bonchev–Trinajstić information content (AvgIpc) is 2.71. The van der Waals surface area contributed by atoms with Gasteiger partial charge in [-0.2, -0.15) is 0 Å². The van der Waals surface area contributed by atoms with Gasteiger partial charge in [0.25, 0.3) is 0 Å². The van der Waals surface area contributed by atoms with Gasteiger partial charge in [0.1, 0.15) is 11.1 Å². The minimum absolute atomic E-state index is 0.121. The molecule has 0 amide bonds. The molecule has 2 atom stereocenters. The molecule has 0 saturated heterocycles. The highest BCUT2D eigenvalue weighted by molar-refractivity contribution is 7.11. The van der Waals surface area contributed by atoms with Gasteiger partial charge in [-0.1, -0.05) is 34.6 Å². The molecule has 1 heterocycles. The van der Waals surface area contributed by atoms with Gasteiger partial charge in [0.2, 0.25) is 0 Å². The van der Waals surface area contributed by atoms with E-state index in [4.69, 9.17) is 9.72 Å². The highest BCUT2D eigenvalue weighted by atomic mass is 32.1. The minimum Gasteiger partial charge on any atom is -0.374 e. The summed E-state index contributed by atoms with van der Waals surface area (Å²) < 4.78 is 5.65. The van der Waals surface area contributed by atoms with Gasteiger partial charge in [-0.3, -0.25) is 0 Å². The number of hydrogen-bond acceptors (Lipinski definition) is 4. The first-order valence-corrected chi connectivity index (χ1v) is 8.45. The van der Waals surface area contributed by atoms with E-state index in [1.165, 1.54) is 17.0 Å². The quantitative estimate of drug-likeness (QED) is 0.888. The molecular weight excluding hydrogens is 268 g/mol. The third kappa shape index (κ3) is 3.23. The zero-order chi connectivity index (χ0) is 14.9. The van der Waals surface area contributed by atoms with E-state index in [0.717, 1.165) is 18.0 Å². The molecule has 2 unspecified atom stereocenters. The molecule has 1 aromatic heterocycles. The van der Waals surface area contributed by atoms with Crippen molar-refractivity contribution in [1.82, 2.24) is 10.3 Å². The van der Waals surface area contributed by atoms with Gasteiger partial charge in [-0.05, 0) is 30.7 Å². The summed E-state index contributed by atoms with van der Waals surface area (Å²) >= 11 is 1.85. The number of ether oxygens (including phenoxy) is 1. The van der Waals surface area contributed by atoms with E-state index >= 15 is 0 Å². The second kappa shape index (κ2) is 6.12. The van der Waals surface area contributed by atoms with E-state index in [0.29, 0.717) is 17.4 Å². The fourth-order valence-corrected chi connectivity index (χ4v) is 4.55. The Morgan fingerprint density at radius 1 is 1.45 bits per heavy atom. The third-order valence-corrected chi connectivity index (χ3v) is 5.29. The van der Waals surface area contributed by atoms with Crippen LogP contribution in [0.5, 0.6) is 0 Å². The van der Waals surface area contributed by atoms with Crippen LogP contribution in [0.3, 0.4) is 0 Å². The van der Waals surface area contributed by atoms with Gasteiger partial charge < -0.3 is 10.1 Å². The van der Waals surface area contributed by atoms with Crippen molar-refractivity contribution in [3.63, 3.8) is 0 Å². The summed E-state index contributed by atoms with van der Waals surface area (Å²) in [7, 11) is 1.79. The lowest BCUT2D eigenvalue weighted by atomic mass is 9.76. The third-order valence-electron chi connectivity index (χ3n) is 4.02. The lowest BCUT2D eigenvalue weighted by molar-refractivity contribution is 0.0642. The molecule has 0 aliphatic heterocycles. The molecular formula is C16H28N2OS. The maximum atomic E-state index is 5.65. The van der Waals surface area contributed by atoms with Crippen LogP contribution in [0.15, 0.2) is 0 Å². The monoisotopic (exact) mass is 296 g/mol. The Balaban J connectivity index is 2.35. The van der Waals surface area contributed by atoms with Gasteiger partial charge in [0, 0.05) is 18.0 Å². The molecule has 20 heavy (non-hydrogen) atoms. The number of aromatic nitrogens is 1. The molecule has 0 bridgehead atoms. The first-order chi connectivity index (χ1) is 9.38. The van der Waals surface area contributed by atoms with Crippen molar-refractivity contribution >= 4 is 11.3 Å². The van der Waals surface area contributed by atoms with Gasteiger partial charge in [0.15, 0.2) is 0 Å². The van der Waals surface area contributed by atoms with Crippen molar-refractivity contribution in [2.24, 2.45) is 11.3 Å². The Morgan fingerprint density at radius 2 is 2.15 bits per heavy atom. The predicted molar refractivity (Wildman–Crippen MR) is 85.2 cm³/mol. The fraction of sp³-hybridized carbons (Fsp3) is 0.812. The van der Waals surface area contributed by atoms with Crippen molar-refractivity contribution in [1.29, 1.82) is 0 Å². The smallest absolute Gasteiger partial charge is 0.122 e. The van der Waals surface area contributed by atoms with Crippen molar-refractivity contribution in [2.75, 3.05) is 13.7 Å². The number of fused-ring (bicyclic) bond motifs is 1. The zero-order valence-corrected chi connectivity index (χ0v) is 14.4. The highest BCUT2D eigenvalue weighted by Crippen LogP contribution is 2.44. The molecule has 0 saturated carbocycles. The van der Waals surface area contributed by atoms with E-state index in [9.17, 15) is 0 Å². The number of nitrogens with one attached hydrogen (secondary N) is 1. The van der Waals surface area contributed by atoms with Gasteiger partial charge in [-0.25, -0.2) is 4.98 Å². The van der Waals surface area contributed by atoms with E-state index in [1.807, 2.05) is 11.3 Å². The standard InChI is InChI=1S/C16H28N2OS/c1-7-17-11-8-16(4,5)9-12-14(11)20-15(18-12)13(19-6)10(2)3/h10-11,13,17H,7-9H2,1-6H3. The normalized spacial score (nSPS) is 22.9. The van der Waals surface area contributed by atoms with Crippen LogP contribution in [0.1, 0.15) is 68.8 Å². The maximum Gasteiger partial charge on any atom is 0.122 e. The van der Waals surface area contributed by atoms with E-state index < -0.39 is 0 Å². The van der Waals surface area contributed by atoms with Gasteiger partial charge in [0.05, 0.1) is 5.69 Å². The zero-order valence-electron chi connectivity index (χ0n) is 13.6. The van der Waals surface area contributed by atoms with Crippen molar-refractivity contribution < 1.29 is 4.74 Å². The number of nitrogens with zero attached hydrogens (tertiary/aromatic N) is 1. The van der Waals surface area contributed by atoms with E-state index in [1.54, 1.807) is 7.11 Å². The number of rotatable bonds is 5. The molecule has 114 valence electrons. The Labute approximate surface area is 127 Å². The van der Waals surface area contributed by atoms with Crippen LogP contribution in [0.2, 0.25) is 0 Å². The van der Waals surface area contributed by atoms with Crippen molar-refractivity contribution in [3.05, 3.63) is 15.6 Å². The van der Waals surface area contributed by atoms with Crippen LogP contribution in [-0.4, -0.2) is 18.6 Å². The number of thiazole rings is 1. The summed E-state index contributed by atoms with van der Waals surface area (Å²) in [4.78, 5) is 6.36. The molecule has 0 aromatic carbocycles. The molecule has 1 aliphatic rings. The summed E-state index contributed by atoms with van der Waals surface area (Å²) in [5, 5.41) is 4.77. The lowest BCUT2D eigenvalue weighted by Crippen LogP contribution is -2.32. The van der Waals surface area contributed by atoms with Crippen LogP contribution in [0.4, 0.5) is 0 Å². The van der Waals surface area contributed by atoms with Crippen LogP contribution in [0.25, 0.3) is 0 Å². The maximum absolute atomic E-state index is 5.65. The molecule has 1 aromatic rings. The number of hydrogen-bond donors (Lipinski definition) is 1. The minimum atomic E-state index is 0.121. The topological polar surface area (TPSA) is 34.2 Å². The molecule has 1 aliphatic carbocycles. The molecule has 4 heteroatoms. The SMILES string of the molecule is CCNC1CC(C)(C)Cc2nc(C(OC)C(C)C)sc21. The molecule has 0 fully saturated rings. The van der Waals surface area contributed by atoms with Gasteiger partial charge in [-0.15, -0.1) is 11.3 Å². The summed E-state index contributed by atoms with van der Waals surface area (Å²) in [6.07, 6.45) is 2.39. The second-order valence-corrected chi connectivity index (χ2v) is 7.98. The summed E-state index contributed by atoms with van der Waals surface area (Å²) in [6, 6.07) is 0.453. The summed E-state index contributed by atoms with van der Waals surface area (Å²) in [5.74, 6) is 0.457. The van der Waals surface area contributed by atoms with Crippen LogP contribution in [-0.2, 0) is 11.2 Å². The van der Waals surface area contributed by atoms with Crippen molar-refractivity contribution in [2.45, 2.75) is 59.6 Å². The predicted octanol–water partition coefficient (Wildman–Crippen LogP) is 4.11. The molecule has 0 radical (unpaired) electrons. The summed E-state index contributed by atoms with van der Waals surface area (Å²) in [6.45, 7) is 12.3. The molecule has 2 rings (SSSR count). The lowest BCUT2D eigenvalue weighted by Gasteiger charge is -2.34. The Kier molecular flexibility index (Phi) is 4.88. The van der Waals surface area contributed by atoms with Crippen LogP contribution >= 0.6 is 11.3 Å². The average molecular weight is 296 g/mol. The fourth-order valence-electron chi connectivity index (χ4n) is 3.14. The second-order valence-electron chi connectivity index (χ2n) is 6.92.